The molecule has 6 nitrogen and oxygen atoms in total. The third kappa shape index (κ3) is 5.32. The number of carbonyl (C=O) groups excluding carboxylic acids is 1. The maximum Gasteiger partial charge on any atom is 0.335 e. The first-order chi connectivity index (χ1) is 14.4. The number of methoxy groups -OCH3 is 2. The van der Waals surface area contributed by atoms with Gasteiger partial charge in [-0.1, -0.05) is 24.8 Å². The number of ketones is 1. The van der Waals surface area contributed by atoms with Gasteiger partial charge in [-0.15, -0.1) is 0 Å². The van der Waals surface area contributed by atoms with Crippen molar-refractivity contribution in [3.05, 3.63) is 89.7 Å². The van der Waals surface area contributed by atoms with Crippen LogP contribution in [0.4, 0.5) is 0 Å². The van der Waals surface area contributed by atoms with E-state index in [0.717, 1.165) is 0 Å². The topological polar surface area (TPSA) is 85.2 Å². The molecule has 0 aliphatic heterocycles. The van der Waals surface area contributed by atoms with Gasteiger partial charge >= 0.3 is 5.97 Å². The van der Waals surface area contributed by atoms with Crippen molar-refractivity contribution in [1.82, 2.24) is 0 Å². The third-order valence-corrected chi connectivity index (χ3v) is 4.21. The van der Waals surface area contributed by atoms with Crippen LogP contribution in [0.5, 0.6) is 11.5 Å². The molecule has 0 bridgehead atoms. The van der Waals surface area contributed by atoms with E-state index < -0.39 is 5.97 Å². The molecule has 0 aliphatic rings. The van der Waals surface area contributed by atoms with E-state index in [2.05, 4.69) is 11.6 Å². The van der Waals surface area contributed by atoms with E-state index in [9.17, 15) is 9.59 Å². The number of hydrogen-bond acceptors (Lipinski definition) is 5. The van der Waals surface area contributed by atoms with Crippen molar-refractivity contribution < 1.29 is 24.2 Å². The number of ether oxygens (including phenoxy) is 2. The second-order valence-corrected chi connectivity index (χ2v) is 6.08. The minimum absolute atomic E-state index is 0.120. The molecule has 0 fully saturated rings. The Balaban J connectivity index is 2.44. The Hall–Kier alpha value is -3.93. The molecule has 0 atom stereocenters. The molecule has 0 saturated heterocycles. The number of aliphatic imine (C=N–C) groups is 1. The Morgan fingerprint density at radius 1 is 1.03 bits per heavy atom. The lowest BCUT2D eigenvalue weighted by molar-refractivity contribution is 0.0696. The third-order valence-electron chi connectivity index (χ3n) is 4.21. The largest absolute Gasteiger partial charge is 0.496 e. The molecule has 0 heterocycles. The van der Waals surface area contributed by atoms with Crippen LogP contribution in [0.3, 0.4) is 0 Å². The van der Waals surface area contributed by atoms with Gasteiger partial charge in [0.05, 0.1) is 25.5 Å². The van der Waals surface area contributed by atoms with Crippen molar-refractivity contribution in [3.8, 4) is 11.5 Å². The molecule has 2 aromatic carbocycles. The van der Waals surface area contributed by atoms with E-state index in [1.807, 2.05) is 6.92 Å². The highest BCUT2D eigenvalue weighted by molar-refractivity contribution is 6.11. The van der Waals surface area contributed by atoms with Crippen molar-refractivity contribution in [3.63, 3.8) is 0 Å². The maximum atomic E-state index is 12.5. The van der Waals surface area contributed by atoms with Crippen LogP contribution < -0.4 is 9.47 Å². The predicted octanol–water partition coefficient (Wildman–Crippen LogP) is 4.81. The van der Waals surface area contributed by atoms with E-state index in [-0.39, 0.29) is 11.3 Å². The number of carboxylic acids is 1. The Kier molecular flexibility index (Phi) is 7.88. The molecule has 2 aromatic rings. The predicted molar refractivity (Wildman–Crippen MR) is 118 cm³/mol. The number of allylic oxidation sites excluding steroid dienone is 3. The highest BCUT2D eigenvalue weighted by Gasteiger charge is 2.13. The van der Waals surface area contributed by atoms with Gasteiger partial charge in [-0.05, 0) is 43.4 Å². The number of carboxylic acid groups (broad SMARTS) is 1. The van der Waals surface area contributed by atoms with Crippen LogP contribution in [-0.2, 0) is 0 Å². The molecule has 30 heavy (non-hydrogen) atoms. The fourth-order valence-electron chi connectivity index (χ4n) is 2.68. The van der Waals surface area contributed by atoms with Crippen molar-refractivity contribution in [2.75, 3.05) is 14.2 Å². The van der Waals surface area contributed by atoms with Crippen molar-refractivity contribution in [2.45, 2.75) is 6.92 Å². The van der Waals surface area contributed by atoms with E-state index >= 15 is 0 Å². The summed E-state index contributed by atoms with van der Waals surface area (Å²) in [4.78, 5) is 27.8. The SMILES string of the molecule is C=CC(=N/C=C\C)c1cc(/C=C/C(=O)c2ccc(C(=O)O)cc2)c(OC)cc1OC. The summed E-state index contributed by atoms with van der Waals surface area (Å²) in [5.41, 5.74) is 2.46. The monoisotopic (exact) mass is 405 g/mol. The molecule has 0 unspecified atom stereocenters. The summed E-state index contributed by atoms with van der Waals surface area (Å²) >= 11 is 0. The first-order valence-corrected chi connectivity index (χ1v) is 9.08. The number of aromatic carboxylic acids is 1. The Labute approximate surface area is 175 Å². The molecule has 2 rings (SSSR count). The summed E-state index contributed by atoms with van der Waals surface area (Å²) in [6, 6.07) is 9.26. The number of hydrogen-bond donors (Lipinski definition) is 1. The lowest BCUT2D eigenvalue weighted by Crippen LogP contribution is -2.02. The molecule has 1 N–H and O–H groups in total. The van der Waals surface area contributed by atoms with Crippen LogP contribution in [0, 0.1) is 0 Å². The highest BCUT2D eigenvalue weighted by atomic mass is 16.5. The number of rotatable bonds is 9. The van der Waals surface area contributed by atoms with Gasteiger partial charge in [-0.3, -0.25) is 9.79 Å². The van der Waals surface area contributed by atoms with E-state index in [0.29, 0.717) is 33.9 Å². The number of benzene rings is 2. The molecule has 0 aromatic heterocycles. The average molecular weight is 405 g/mol. The zero-order valence-electron chi connectivity index (χ0n) is 17.1. The summed E-state index contributed by atoms with van der Waals surface area (Å²) in [7, 11) is 3.08. The normalized spacial score (nSPS) is 11.6. The number of carbonyl (C=O) groups is 2. The second-order valence-electron chi connectivity index (χ2n) is 6.08. The van der Waals surface area contributed by atoms with Crippen LogP contribution in [-0.4, -0.2) is 36.8 Å². The summed E-state index contributed by atoms with van der Waals surface area (Å²) in [5.74, 6) is -0.228. The minimum Gasteiger partial charge on any atom is -0.496 e. The smallest absolute Gasteiger partial charge is 0.335 e. The fraction of sp³-hybridized carbons (Fsp3) is 0.125. The molecular formula is C24H23NO5. The van der Waals surface area contributed by atoms with Gasteiger partial charge in [-0.2, -0.15) is 0 Å². The molecule has 0 radical (unpaired) electrons. The van der Waals surface area contributed by atoms with Gasteiger partial charge in [0.15, 0.2) is 5.78 Å². The summed E-state index contributed by atoms with van der Waals surface area (Å²) < 4.78 is 10.9. The lowest BCUT2D eigenvalue weighted by atomic mass is 10.0. The molecular weight excluding hydrogens is 382 g/mol. The van der Waals surface area contributed by atoms with Crippen molar-refractivity contribution in [2.24, 2.45) is 4.99 Å². The molecule has 154 valence electrons. The Bertz CT molecular complexity index is 1030. The Morgan fingerprint density at radius 3 is 2.20 bits per heavy atom. The minimum atomic E-state index is -1.04. The summed E-state index contributed by atoms with van der Waals surface area (Å²) in [5, 5.41) is 8.97. The first kappa shape index (κ1) is 22.4. The van der Waals surface area contributed by atoms with Gasteiger partial charge in [0.25, 0.3) is 0 Å². The average Bonchev–Trinajstić information content (AvgIpc) is 2.77. The van der Waals surface area contributed by atoms with Gasteiger partial charge in [-0.25, -0.2) is 4.79 Å². The van der Waals surface area contributed by atoms with Gasteiger partial charge in [0.1, 0.15) is 11.5 Å². The van der Waals surface area contributed by atoms with Crippen molar-refractivity contribution >= 4 is 23.5 Å². The van der Waals surface area contributed by atoms with Gasteiger partial charge in [0.2, 0.25) is 0 Å². The standard InChI is InChI=1S/C24H23NO5/c1-5-13-25-20(6-2)19-14-18(22(29-3)15-23(19)30-4)11-12-21(26)16-7-9-17(10-8-16)24(27)28/h5-15H,2H2,1,3-4H3,(H,27,28)/b12-11+,13-5-,25-20?. The van der Waals surface area contributed by atoms with Gasteiger partial charge < -0.3 is 14.6 Å². The molecule has 0 saturated carbocycles. The van der Waals surface area contributed by atoms with Crippen molar-refractivity contribution in [1.29, 1.82) is 0 Å². The molecule has 6 heteroatoms. The van der Waals surface area contributed by atoms with E-state index in [1.54, 1.807) is 43.7 Å². The van der Waals surface area contributed by atoms with E-state index in [4.69, 9.17) is 14.6 Å². The molecule has 0 amide bonds. The quantitative estimate of drug-likeness (QED) is 0.368. The molecule has 0 spiro atoms. The number of nitrogens with zero attached hydrogens (tertiary/aromatic N) is 1. The summed E-state index contributed by atoms with van der Waals surface area (Å²) in [6.45, 7) is 5.67. The van der Waals surface area contributed by atoms with Crippen LogP contribution >= 0.6 is 0 Å². The van der Waals surface area contributed by atoms with Crippen LogP contribution in [0.2, 0.25) is 0 Å². The van der Waals surface area contributed by atoms with Crippen LogP contribution in [0.15, 0.2) is 72.4 Å². The zero-order chi connectivity index (χ0) is 22.1. The van der Waals surface area contributed by atoms with E-state index in [1.165, 1.54) is 37.5 Å². The lowest BCUT2D eigenvalue weighted by Gasteiger charge is -2.13. The molecule has 0 aliphatic carbocycles. The highest BCUT2D eigenvalue weighted by Crippen LogP contribution is 2.31. The van der Waals surface area contributed by atoms with Crippen LogP contribution in [0.1, 0.15) is 38.8 Å². The summed E-state index contributed by atoms with van der Waals surface area (Å²) in [6.07, 6.45) is 8.11. The van der Waals surface area contributed by atoms with Crippen LogP contribution in [0.25, 0.3) is 6.08 Å². The second kappa shape index (κ2) is 10.6. The van der Waals surface area contributed by atoms with Gasteiger partial charge in [0, 0.05) is 29.0 Å². The maximum absolute atomic E-state index is 12.5. The fourth-order valence-corrected chi connectivity index (χ4v) is 2.68. The Morgan fingerprint density at radius 2 is 1.67 bits per heavy atom. The first-order valence-electron chi connectivity index (χ1n) is 9.08. The zero-order valence-corrected chi connectivity index (χ0v) is 17.1.